The molecule has 0 saturated heterocycles. The van der Waals surface area contributed by atoms with Crippen LogP contribution in [0.1, 0.15) is 21.5 Å². The first-order chi connectivity index (χ1) is 11.4. The number of carbonyl (C=O) groups is 1. The Balaban J connectivity index is 2.00. The van der Waals surface area contributed by atoms with E-state index in [2.05, 4.69) is 6.07 Å². The van der Waals surface area contributed by atoms with Crippen molar-refractivity contribution in [3.63, 3.8) is 0 Å². The normalized spacial score (nSPS) is 10.3. The van der Waals surface area contributed by atoms with Crippen LogP contribution in [0, 0.1) is 13.8 Å². The molecule has 0 aromatic heterocycles. The molecule has 0 spiro atoms. The van der Waals surface area contributed by atoms with Gasteiger partial charge in [-0.1, -0.05) is 17.7 Å². The number of benzene rings is 2. The Morgan fingerprint density at radius 3 is 2.25 bits per heavy atom. The lowest BCUT2D eigenvalue weighted by molar-refractivity contribution is 0.0696. The van der Waals surface area contributed by atoms with E-state index in [0.717, 1.165) is 16.9 Å². The lowest BCUT2D eigenvalue weighted by atomic mass is 10.1. The van der Waals surface area contributed by atoms with E-state index >= 15 is 0 Å². The highest BCUT2D eigenvalue weighted by atomic mass is 35.5. The number of carboxylic acids is 1. The average Bonchev–Trinajstić information content (AvgIpc) is 2.51. The van der Waals surface area contributed by atoms with Crippen molar-refractivity contribution < 1.29 is 24.1 Å². The number of halogens is 1. The van der Waals surface area contributed by atoms with E-state index in [1.54, 1.807) is 0 Å². The van der Waals surface area contributed by atoms with E-state index in [9.17, 15) is 4.79 Å². The third-order valence-electron chi connectivity index (χ3n) is 3.27. The summed E-state index contributed by atoms with van der Waals surface area (Å²) in [7, 11) is 1.43. The lowest BCUT2D eigenvalue weighted by Crippen LogP contribution is -2.10. The molecule has 5 nitrogen and oxygen atoms in total. The maximum atomic E-state index is 11.0. The minimum atomic E-state index is -1.08. The van der Waals surface area contributed by atoms with Gasteiger partial charge in [0.15, 0.2) is 11.5 Å². The van der Waals surface area contributed by atoms with E-state index in [0.29, 0.717) is 12.4 Å². The third kappa shape index (κ3) is 4.55. The molecule has 0 atom stereocenters. The Morgan fingerprint density at radius 2 is 1.67 bits per heavy atom. The first-order valence-corrected chi connectivity index (χ1v) is 7.73. The van der Waals surface area contributed by atoms with Crippen LogP contribution in [0.2, 0.25) is 5.02 Å². The first-order valence-electron chi connectivity index (χ1n) is 7.35. The van der Waals surface area contributed by atoms with Crippen molar-refractivity contribution in [2.75, 3.05) is 20.3 Å². The fraction of sp³-hybridized carbons (Fsp3) is 0.278. The molecule has 1 N–H and O–H groups in total. The third-order valence-corrected chi connectivity index (χ3v) is 3.55. The molecule has 0 amide bonds. The van der Waals surface area contributed by atoms with Crippen LogP contribution in [0.3, 0.4) is 0 Å². The summed E-state index contributed by atoms with van der Waals surface area (Å²) >= 11 is 6.09. The number of aryl methyl sites for hydroxylation is 2. The molecule has 0 unspecified atom stereocenters. The van der Waals surface area contributed by atoms with Gasteiger partial charge in [0.2, 0.25) is 0 Å². The standard InChI is InChI=1S/C18H19ClO5/c1-11-6-12(2)8-14(7-11)23-4-5-24-17-15(19)9-13(18(20)21)10-16(17)22-3/h6-10H,4-5H2,1-3H3,(H,20,21). The highest BCUT2D eigenvalue weighted by Crippen LogP contribution is 2.36. The second kappa shape index (κ2) is 7.93. The molecule has 2 aromatic carbocycles. The Morgan fingerprint density at radius 1 is 1.04 bits per heavy atom. The summed E-state index contributed by atoms with van der Waals surface area (Å²) in [4.78, 5) is 11.0. The highest BCUT2D eigenvalue weighted by Gasteiger charge is 2.15. The van der Waals surface area contributed by atoms with Gasteiger partial charge in [-0.2, -0.15) is 0 Å². The van der Waals surface area contributed by atoms with Crippen molar-refractivity contribution in [3.8, 4) is 17.2 Å². The topological polar surface area (TPSA) is 65.0 Å². The van der Waals surface area contributed by atoms with Crippen LogP contribution < -0.4 is 14.2 Å². The molecule has 0 heterocycles. The predicted octanol–water partition coefficient (Wildman–Crippen LogP) is 4.12. The molecular formula is C18H19ClO5. The maximum Gasteiger partial charge on any atom is 0.335 e. The van der Waals surface area contributed by atoms with Crippen molar-refractivity contribution in [2.24, 2.45) is 0 Å². The van der Waals surface area contributed by atoms with Crippen LogP contribution in [0.5, 0.6) is 17.2 Å². The fourth-order valence-electron chi connectivity index (χ4n) is 2.30. The lowest BCUT2D eigenvalue weighted by Gasteiger charge is -2.14. The Labute approximate surface area is 145 Å². The van der Waals surface area contributed by atoms with E-state index in [-0.39, 0.29) is 22.9 Å². The first kappa shape index (κ1) is 17.9. The van der Waals surface area contributed by atoms with E-state index in [4.69, 9.17) is 30.9 Å². The monoisotopic (exact) mass is 350 g/mol. The van der Waals surface area contributed by atoms with Gasteiger partial charge in [0.25, 0.3) is 0 Å². The second-order valence-corrected chi connectivity index (χ2v) is 5.72. The molecule has 0 aliphatic rings. The van der Waals surface area contributed by atoms with Gasteiger partial charge in [-0.15, -0.1) is 0 Å². The van der Waals surface area contributed by atoms with E-state index in [1.165, 1.54) is 19.2 Å². The van der Waals surface area contributed by atoms with Gasteiger partial charge in [0.1, 0.15) is 19.0 Å². The summed E-state index contributed by atoms with van der Waals surface area (Å²) in [5, 5.41) is 9.21. The SMILES string of the molecule is COc1cc(C(=O)O)cc(Cl)c1OCCOc1cc(C)cc(C)c1. The summed E-state index contributed by atoms with van der Waals surface area (Å²) < 4.78 is 16.4. The van der Waals surface area contributed by atoms with Gasteiger partial charge >= 0.3 is 5.97 Å². The predicted molar refractivity (Wildman–Crippen MR) is 91.9 cm³/mol. The number of ether oxygens (including phenoxy) is 3. The fourth-order valence-corrected chi connectivity index (χ4v) is 2.57. The number of rotatable bonds is 7. The van der Waals surface area contributed by atoms with E-state index < -0.39 is 5.97 Å². The number of carboxylic acid groups (broad SMARTS) is 1. The van der Waals surface area contributed by atoms with Crippen molar-refractivity contribution in [1.82, 2.24) is 0 Å². The Bertz CT molecular complexity index is 722. The number of aromatic carboxylic acids is 1. The van der Waals surface area contributed by atoms with Crippen LogP contribution in [-0.4, -0.2) is 31.4 Å². The number of methoxy groups -OCH3 is 1. The molecule has 0 aliphatic carbocycles. The molecule has 0 aliphatic heterocycles. The minimum absolute atomic E-state index is 0.0377. The maximum absolute atomic E-state index is 11.0. The molecule has 0 radical (unpaired) electrons. The van der Waals surface area contributed by atoms with Crippen molar-refractivity contribution in [2.45, 2.75) is 13.8 Å². The largest absolute Gasteiger partial charge is 0.493 e. The molecule has 6 heteroatoms. The smallest absolute Gasteiger partial charge is 0.335 e. The van der Waals surface area contributed by atoms with Crippen LogP contribution in [0.15, 0.2) is 30.3 Å². The van der Waals surface area contributed by atoms with Crippen molar-refractivity contribution >= 4 is 17.6 Å². The van der Waals surface area contributed by atoms with Crippen molar-refractivity contribution in [1.29, 1.82) is 0 Å². The average molecular weight is 351 g/mol. The summed E-state index contributed by atoms with van der Waals surface area (Å²) in [6, 6.07) is 8.66. The highest BCUT2D eigenvalue weighted by molar-refractivity contribution is 6.32. The number of hydrogen-bond acceptors (Lipinski definition) is 4. The molecule has 0 bridgehead atoms. The van der Waals surface area contributed by atoms with Crippen LogP contribution in [0.25, 0.3) is 0 Å². The quantitative estimate of drug-likeness (QED) is 0.761. The van der Waals surface area contributed by atoms with Crippen LogP contribution in [-0.2, 0) is 0 Å². The van der Waals surface area contributed by atoms with Crippen LogP contribution in [0.4, 0.5) is 0 Å². The van der Waals surface area contributed by atoms with Crippen LogP contribution >= 0.6 is 11.6 Å². The zero-order valence-electron chi connectivity index (χ0n) is 13.8. The second-order valence-electron chi connectivity index (χ2n) is 5.31. The summed E-state index contributed by atoms with van der Waals surface area (Å²) in [6.07, 6.45) is 0. The number of hydrogen-bond donors (Lipinski definition) is 1. The van der Waals surface area contributed by atoms with Gasteiger partial charge in [-0.3, -0.25) is 0 Å². The van der Waals surface area contributed by atoms with E-state index in [1.807, 2.05) is 26.0 Å². The van der Waals surface area contributed by atoms with Gasteiger partial charge in [0, 0.05) is 0 Å². The Hall–Kier alpha value is -2.40. The molecule has 2 rings (SSSR count). The zero-order valence-corrected chi connectivity index (χ0v) is 14.5. The van der Waals surface area contributed by atoms with Gasteiger partial charge in [0.05, 0.1) is 17.7 Å². The summed E-state index contributed by atoms with van der Waals surface area (Å²) in [5.74, 6) is 0.259. The molecule has 24 heavy (non-hydrogen) atoms. The molecule has 0 saturated carbocycles. The van der Waals surface area contributed by atoms with Gasteiger partial charge in [-0.05, 0) is 49.2 Å². The van der Waals surface area contributed by atoms with Gasteiger partial charge < -0.3 is 19.3 Å². The zero-order chi connectivity index (χ0) is 17.7. The molecular weight excluding hydrogens is 332 g/mol. The summed E-state index contributed by atoms with van der Waals surface area (Å²) in [5.41, 5.74) is 2.29. The summed E-state index contributed by atoms with van der Waals surface area (Å²) in [6.45, 7) is 4.58. The van der Waals surface area contributed by atoms with Crippen molar-refractivity contribution in [3.05, 3.63) is 52.0 Å². The Kier molecular flexibility index (Phi) is 5.93. The van der Waals surface area contributed by atoms with Gasteiger partial charge in [-0.25, -0.2) is 4.79 Å². The molecule has 128 valence electrons. The molecule has 0 fully saturated rings. The minimum Gasteiger partial charge on any atom is -0.493 e. The molecule has 2 aromatic rings.